The molecule has 0 radical (unpaired) electrons. The number of aromatic nitrogens is 3. The fourth-order valence-electron chi connectivity index (χ4n) is 1.71. The van der Waals surface area contributed by atoms with Crippen LogP contribution in [0.15, 0.2) is 29.4 Å². The van der Waals surface area contributed by atoms with E-state index in [-0.39, 0.29) is 16.7 Å². The first-order chi connectivity index (χ1) is 13.8. The highest BCUT2D eigenvalue weighted by molar-refractivity contribution is 7.99. The van der Waals surface area contributed by atoms with E-state index in [0.29, 0.717) is 15.9 Å². The quantitative estimate of drug-likeness (QED) is 0.428. The van der Waals surface area contributed by atoms with Crippen LogP contribution in [-0.4, -0.2) is 57.0 Å². The lowest BCUT2D eigenvalue weighted by Gasteiger charge is -2.10. The first-order valence-electron chi connectivity index (χ1n) is 7.40. The molecule has 0 fully saturated rings. The molecule has 0 bridgehead atoms. The largest absolute Gasteiger partial charge is 0.497 e. The zero-order valence-corrected chi connectivity index (χ0v) is 15.6. The Balaban J connectivity index is 0.000000553. The summed E-state index contributed by atoms with van der Waals surface area (Å²) in [7, 11) is 1.46. The zero-order chi connectivity index (χ0) is 23.1. The van der Waals surface area contributed by atoms with Crippen LogP contribution in [0.3, 0.4) is 0 Å². The van der Waals surface area contributed by atoms with Gasteiger partial charge in [-0.2, -0.15) is 26.3 Å². The van der Waals surface area contributed by atoms with E-state index in [1.165, 1.54) is 19.2 Å². The third-order valence-corrected chi connectivity index (χ3v) is 3.79. The number of carbonyl (C=O) groups is 2. The normalized spacial score (nSPS) is 11.1. The molecule has 0 saturated heterocycles. The number of terminal acetylenes is 1. The lowest BCUT2D eigenvalue weighted by atomic mass is 10.2. The fourth-order valence-corrected chi connectivity index (χ4v) is 2.32. The predicted molar refractivity (Wildman–Crippen MR) is 91.9 cm³/mol. The molecule has 2 aromatic rings. The van der Waals surface area contributed by atoms with Gasteiger partial charge in [0.1, 0.15) is 5.75 Å². The lowest BCUT2D eigenvalue weighted by molar-refractivity contribution is -0.192. The summed E-state index contributed by atoms with van der Waals surface area (Å²) in [6.45, 7) is 0. The molecule has 0 spiro atoms. The number of carboxylic acid groups (broad SMARTS) is 1. The van der Waals surface area contributed by atoms with E-state index >= 15 is 0 Å². The number of aliphatic carboxylic acids is 1. The Kier molecular flexibility index (Phi) is 8.28. The van der Waals surface area contributed by atoms with Crippen molar-refractivity contribution < 1.29 is 45.8 Å². The number of thioether (sulfide) groups is 1. The van der Waals surface area contributed by atoms with Gasteiger partial charge in [0.05, 0.1) is 12.9 Å². The molecule has 0 amide bonds. The summed E-state index contributed by atoms with van der Waals surface area (Å²) in [5, 5.41) is 14.2. The van der Waals surface area contributed by atoms with Gasteiger partial charge >= 0.3 is 24.2 Å². The van der Waals surface area contributed by atoms with Crippen molar-refractivity contribution in [2.75, 3.05) is 12.9 Å². The molecule has 0 aliphatic heterocycles. The summed E-state index contributed by atoms with van der Waals surface area (Å²) in [6, 6.07) is 6.05. The molecule has 2 rings (SSSR count). The van der Waals surface area contributed by atoms with Crippen LogP contribution in [0.25, 0.3) is 11.4 Å². The summed E-state index contributed by atoms with van der Waals surface area (Å²) < 4.78 is 75.6. The minimum Gasteiger partial charge on any atom is -0.497 e. The predicted octanol–water partition coefficient (Wildman–Crippen LogP) is 3.51. The Morgan fingerprint density at radius 1 is 1.13 bits per heavy atom. The van der Waals surface area contributed by atoms with Crippen molar-refractivity contribution in [1.29, 1.82) is 0 Å². The number of alkyl halides is 6. The second kappa shape index (κ2) is 10.0. The summed E-state index contributed by atoms with van der Waals surface area (Å²) in [4.78, 5) is 20.6. The monoisotopic (exact) mass is 455 g/mol. The van der Waals surface area contributed by atoms with Gasteiger partial charge in [0, 0.05) is 5.56 Å². The first kappa shape index (κ1) is 24.8. The standard InChI is InChI=1S/C14H10F3N3O2S.C2HF3O2/c1-3-8-23-13-19-18-11(20(13)12(21)14(15,16)17)9-4-6-10(22-2)7-5-9;3-2(4,5)1(6)7/h1,4-7H,8H2,2H3;(H,6,7). The SMILES string of the molecule is C#CCSc1nnc(-c2ccc(OC)cc2)n1C(=O)C(F)(F)F.O=C(O)C(F)(F)F. The molecular formula is C16H11F6N3O4S. The van der Waals surface area contributed by atoms with Crippen molar-refractivity contribution >= 4 is 23.6 Å². The van der Waals surface area contributed by atoms with Crippen LogP contribution in [0.1, 0.15) is 4.79 Å². The number of hydrogen-bond donors (Lipinski definition) is 1. The molecule has 0 unspecified atom stereocenters. The molecule has 1 aromatic carbocycles. The van der Waals surface area contributed by atoms with Gasteiger partial charge in [-0.15, -0.1) is 16.6 Å². The van der Waals surface area contributed by atoms with E-state index in [1.807, 2.05) is 0 Å². The number of methoxy groups -OCH3 is 1. The van der Waals surface area contributed by atoms with E-state index < -0.39 is 24.2 Å². The van der Waals surface area contributed by atoms with E-state index in [2.05, 4.69) is 16.1 Å². The molecule has 1 N–H and O–H groups in total. The second-order valence-electron chi connectivity index (χ2n) is 4.97. The molecule has 0 saturated carbocycles. The Morgan fingerprint density at radius 2 is 1.67 bits per heavy atom. The summed E-state index contributed by atoms with van der Waals surface area (Å²) in [5.74, 6) is -2.21. The van der Waals surface area contributed by atoms with Crippen LogP contribution in [-0.2, 0) is 4.79 Å². The van der Waals surface area contributed by atoms with Gasteiger partial charge in [0.15, 0.2) is 11.0 Å². The molecule has 1 aromatic heterocycles. The van der Waals surface area contributed by atoms with Crippen LogP contribution in [0, 0.1) is 12.3 Å². The molecule has 0 atom stereocenters. The molecule has 14 heteroatoms. The fraction of sp³-hybridized carbons (Fsp3) is 0.250. The highest BCUT2D eigenvalue weighted by atomic mass is 32.2. The number of nitrogens with zero attached hydrogens (tertiary/aromatic N) is 3. The Bertz CT molecular complexity index is 932. The van der Waals surface area contributed by atoms with Gasteiger partial charge in [0.2, 0.25) is 0 Å². The third kappa shape index (κ3) is 6.69. The maximum Gasteiger partial charge on any atom is 0.490 e. The Hall–Kier alpha value is -3.21. The van der Waals surface area contributed by atoms with Gasteiger partial charge in [-0.05, 0) is 24.3 Å². The number of ether oxygens (including phenoxy) is 1. The van der Waals surface area contributed by atoms with E-state index in [1.54, 1.807) is 12.1 Å². The molecule has 0 aliphatic carbocycles. The van der Waals surface area contributed by atoms with Crippen molar-refractivity contribution in [3.05, 3.63) is 24.3 Å². The van der Waals surface area contributed by atoms with Crippen molar-refractivity contribution in [3.63, 3.8) is 0 Å². The second-order valence-corrected chi connectivity index (χ2v) is 5.91. The molecule has 1 heterocycles. The number of halogens is 6. The smallest absolute Gasteiger partial charge is 0.490 e. The van der Waals surface area contributed by atoms with Crippen LogP contribution in [0.5, 0.6) is 5.75 Å². The Morgan fingerprint density at radius 3 is 2.07 bits per heavy atom. The van der Waals surface area contributed by atoms with Crippen molar-refractivity contribution in [2.24, 2.45) is 0 Å². The van der Waals surface area contributed by atoms with Crippen molar-refractivity contribution in [1.82, 2.24) is 14.8 Å². The lowest BCUT2D eigenvalue weighted by Crippen LogP contribution is -2.30. The van der Waals surface area contributed by atoms with Crippen LogP contribution < -0.4 is 4.74 Å². The average molecular weight is 455 g/mol. The van der Waals surface area contributed by atoms with Gasteiger partial charge < -0.3 is 9.84 Å². The van der Waals surface area contributed by atoms with Gasteiger partial charge in [-0.1, -0.05) is 17.7 Å². The van der Waals surface area contributed by atoms with Gasteiger partial charge in [-0.3, -0.25) is 4.79 Å². The van der Waals surface area contributed by atoms with Gasteiger partial charge in [0.25, 0.3) is 0 Å². The van der Waals surface area contributed by atoms with Crippen LogP contribution in [0.4, 0.5) is 26.3 Å². The van der Waals surface area contributed by atoms with Crippen molar-refractivity contribution in [3.8, 4) is 29.5 Å². The number of carbonyl (C=O) groups excluding carboxylic acids is 1. The first-order valence-corrected chi connectivity index (χ1v) is 8.39. The summed E-state index contributed by atoms with van der Waals surface area (Å²) in [5.41, 5.74) is 0.295. The highest BCUT2D eigenvalue weighted by Gasteiger charge is 2.43. The van der Waals surface area contributed by atoms with E-state index in [4.69, 9.17) is 21.1 Å². The number of carboxylic acids is 1. The minimum absolute atomic E-state index is 0.0614. The number of rotatable bonds is 4. The average Bonchev–Trinajstić information content (AvgIpc) is 3.08. The topological polar surface area (TPSA) is 94.3 Å². The molecule has 0 aliphatic rings. The maximum absolute atomic E-state index is 12.8. The van der Waals surface area contributed by atoms with Crippen LogP contribution in [0.2, 0.25) is 0 Å². The highest BCUT2D eigenvalue weighted by Crippen LogP contribution is 2.29. The van der Waals surface area contributed by atoms with E-state index in [0.717, 1.165) is 11.8 Å². The summed E-state index contributed by atoms with van der Waals surface area (Å²) in [6.07, 6.45) is -5.05. The maximum atomic E-state index is 12.8. The third-order valence-electron chi connectivity index (χ3n) is 2.95. The van der Waals surface area contributed by atoms with Gasteiger partial charge in [-0.25, -0.2) is 9.36 Å². The summed E-state index contributed by atoms with van der Waals surface area (Å²) >= 11 is 0.822. The zero-order valence-electron chi connectivity index (χ0n) is 14.8. The van der Waals surface area contributed by atoms with E-state index in [9.17, 15) is 31.1 Å². The number of benzene rings is 1. The molecule has 162 valence electrons. The molecule has 7 nitrogen and oxygen atoms in total. The Labute approximate surface area is 169 Å². The minimum atomic E-state index is -5.08. The molecule has 30 heavy (non-hydrogen) atoms. The number of hydrogen-bond acceptors (Lipinski definition) is 6. The molecular weight excluding hydrogens is 444 g/mol. The van der Waals surface area contributed by atoms with Crippen molar-refractivity contribution in [2.45, 2.75) is 17.5 Å². The van der Waals surface area contributed by atoms with Crippen LogP contribution >= 0.6 is 11.8 Å².